The number of para-hydroxylation sites is 1. The highest BCUT2D eigenvalue weighted by atomic mass is 16.5. The maximum Gasteiger partial charge on any atom is 0.223 e. The number of methoxy groups -OCH3 is 1. The number of amides is 1. The summed E-state index contributed by atoms with van der Waals surface area (Å²) in [7, 11) is 1.62. The van der Waals surface area contributed by atoms with E-state index in [-0.39, 0.29) is 17.1 Å². The molecule has 2 N–H and O–H groups in total. The average Bonchev–Trinajstić information content (AvgIpc) is 2.69. The van der Waals surface area contributed by atoms with Crippen LogP contribution in [-0.2, 0) is 4.79 Å². The van der Waals surface area contributed by atoms with Crippen LogP contribution in [0.25, 0.3) is 10.9 Å². The fourth-order valence-electron chi connectivity index (χ4n) is 6.52. The van der Waals surface area contributed by atoms with Gasteiger partial charge in [-0.1, -0.05) is 18.2 Å². The van der Waals surface area contributed by atoms with Crippen molar-refractivity contribution < 1.29 is 14.3 Å². The zero-order chi connectivity index (χ0) is 19.5. The smallest absolute Gasteiger partial charge is 0.223 e. The lowest BCUT2D eigenvalue weighted by Gasteiger charge is -2.58. The Morgan fingerprint density at radius 3 is 2.57 bits per heavy atom. The first-order valence-corrected chi connectivity index (χ1v) is 10.3. The van der Waals surface area contributed by atoms with E-state index in [1.54, 1.807) is 7.11 Å². The van der Waals surface area contributed by atoms with Crippen molar-refractivity contribution in [3.8, 4) is 5.75 Å². The van der Waals surface area contributed by atoms with E-state index >= 15 is 0 Å². The maximum absolute atomic E-state index is 13.1. The first-order chi connectivity index (χ1) is 13.5. The predicted octanol–water partition coefficient (Wildman–Crippen LogP) is 3.74. The van der Waals surface area contributed by atoms with Crippen molar-refractivity contribution in [1.82, 2.24) is 4.98 Å². The van der Waals surface area contributed by atoms with Gasteiger partial charge in [0.15, 0.2) is 5.78 Å². The van der Waals surface area contributed by atoms with E-state index in [0.717, 1.165) is 43.0 Å². The highest BCUT2D eigenvalue weighted by Gasteiger charge is 2.57. The van der Waals surface area contributed by atoms with Gasteiger partial charge in [-0.25, -0.2) is 4.98 Å². The summed E-state index contributed by atoms with van der Waals surface area (Å²) in [6, 6.07) is 9.53. The van der Waals surface area contributed by atoms with Crippen LogP contribution in [0, 0.1) is 29.1 Å². The van der Waals surface area contributed by atoms with E-state index in [0.29, 0.717) is 41.5 Å². The van der Waals surface area contributed by atoms with Gasteiger partial charge in [0.1, 0.15) is 17.0 Å². The Morgan fingerprint density at radius 1 is 1.14 bits per heavy atom. The van der Waals surface area contributed by atoms with Crippen LogP contribution in [0.2, 0.25) is 0 Å². The molecular formula is C23H26N2O3. The summed E-state index contributed by atoms with van der Waals surface area (Å²) >= 11 is 0. The number of nitrogens with two attached hydrogens (primary N) is 1. The van der Waals surface area contributed by atoms with Gasteiger partial charge in [-0.2, -0.15) is 0 Å². The van der Waals surface area contributed by atoms with Crippen LogP contribution in [0.4, 0.5) is 0 Å². The van der Waals surface area contributed by atoms with Crippen LogP contribution in [0.3, 0.4) is 0 Å². The van der Waals surface area contributed by atoms with Gasteiger partial charge in [0, 0.05) is 17.2 Å². The number of rotatable bonds is 5. The van der Waals surface area contributed by atoms with E-state index in [9.17, 15) is 9.59 Å². The van der Waals surface area contributed by atoms with Crippen molar-refractivity contribution in [2.24, 2.45) is 34.8 Å². The lowest BCUT2D eigenvalue weighted by molar-refractivity contribution is -0.149. The van der Waals surface area contributed by atoms with Crippen LogP contribution < -0.4 is 10.5 Å². The molecule has 5 nitrogen and oxygen atoms in total. The number of fused-ring (bicyclic) bond motifs is 1. The van der Waals surface area contributed by atoms with Crippen LogP contribution in [0.5, 0.6) is 5.75 Å². The normalized spacial score (nSPS) is 33.2. The Bertz CT molecular complexity index is 953. The van der Waals surface area contributed by atoms with Crippen LogP contribution in [-0.4, -0.2) is 23.8 Å². The largest absolute Gasteiger partial charge is 0.494 e. The Hall–Kier alpha value is -2.43. The SMILES string of the molecule is COc1cccc2ccc(C(=O)CC3C4CC5CC3CC(C(N)=O)(C5)C4)nc12. The quantitative estimate of drug-likeness (QED) is 0.804. The molecule has 0 radical (unpaired) electrons. The summed E-state index contributed by atoms with van der Waals surface area (Å²) in [6.45, 7) is 0. The standard InChI is InChI=1S/C23H26N2O3/c1-28-20-4-2-3-14-5-6-18(25-21(14)20)19(26)9-17-15-7-13-8-16(17)12-23(10-13,11-15)22(24)27/h2-6,13,15-17H,7-12H2,1H3,(H2,24,27). The minimum Gasteiger partial charge on any atom is -0.494 e. The van der Waals surface area contributed by atoms with Crippen molar-refractivity contribution in [3.05, 3.63) is 36.0 Å². The molecule has 4 aliphatic carbocycles. The monoisotopic (exact) mass is 378 g/mol. The molecule has 28 heavy (non-hydrogen) atoms. The first-order valence-electron chi connectivity index (χ1n) is 10.3. The van der Waals surface area contributed by atoms with Crippen molar-refractivity contribution in [3.63, 3.8) is 0 Å². The molecule has 4 aliphatic rings. The number of carbonyl (C=O) groups excluding carboxylic acids is 2. The van der Waals surface area contributed by atoms with Gasteiger partial charge >= 0.3 is 0 Å². The predicted molar refractivity (Wildman–Crippen MR) is 106 cm³/mol. The van der Waals surface area contributed by atoms with E-state index in [1.165, 1.54) is 0 Å². The number of benzene rings is 1. The van der Waals surface area contributed by atoms with Gasteiger partial charge in [-0.15, -0.1) is 0 Å². The van der Waals surface area contributed by atoms with E-state index < -0.39 is 0 Å². The zero-order valence-corrected chi connectivity index (χ0v) is 16.2. The molecule has 4 bridgehead atoms. The molecule has 1 heterocycles. The van der Waals surface area contributed by atoms with Gasteiger partial charge in [0.25, 0.3) is 0 Å². The lowest BCUT2D eigenvalue weighted by atomic mass is 9.45. The molecule has 5 heteroatoms. The molecule has 2 atom stereocenters. The van der Waals surface area contributed by atoms with Crippen molar-refractivity contribution in [1.29, 1.82) is 0 Å². The fraction of sp³-hybridized carbons (Fsp3) is 0.522. The van der Waals surface area contributed by atoms with Gasteiger partial charge in [0.05, 0.1) is 7.11 Å². The second kappa shape index (κ2) is 6.29. The lowest BCUT2D eigenvalue weighted by Crippen LogP contribution is -2.56. The third-order valence-corrected chi connectivity index (χ3v) is 7.60. The highest BCUT2D eigenvalue weighted by Crippen LogP contribution is 2.62. The number of aromatic nitrogens is 1. The summed E-state index contributed by atoms with van der Waals surface area (Å²) in [6.07, 6.45) is 5.50. The number of ether oxygens (including phenoxy) is 1. The molecule has 146 valence electrons. The van der Waals surface area contributed by atoms with Gasteiger partial charge in [-0.3, -0.25) is 9.59 Å². The Balaban J connectivity index is 1.39. The summed E-state index contributed by atoms with van der Waals surface area (Å²) in [5, 5.41) is 0.967. The molecule has 0 spiro atoms. The van der Waals surface area contributed by atoms with Crippen molar-refractivity contribution in [2.75, 3.05) is 7.11 Å². The molecule has 2 aromatic rings. The Kier molecular flexibility index (Phi) is 3.97. The average molecular weight is 378 g/mol. The molecule has 4 fully saturated rings. The number of hydrogen-bond donors (Lipinski definition) is 1. The molecule has 2 unspecified atom stereocenters. The Labute approximate surface area is 164 Å². The minimum absolute atomic E-state index is 0.0957. The second-order valence-corrected chi connectivity index (χ2v) is 9.13. The minimum atomic E-state index is -0.301. The summed E-state index contributed by atoms with van der Waals surface area (Å²) in [5.74, 6) is 2.50. The van der Waals surface area contributed by atoms with Crippen LogP contribution >= 0.6 is 0 Å². The number of ketones is 1. The molecule has 6 rings (SSSR count). The number of pyridine rings is 1. The van der Waals surface area contributed by atoms with E-state index in [2.05, 4.69) is 4.98 Å². The first kappa shape index (κ1) is 17.7. The molecule has 0 saturated heterocycles. The maximum atomic E-state index is 13.1. The molecular weight excluding hydrogens is 352 g/mol. The topological polar surface area (TPSA) is 82.3 Å². The molecule has 1 amide bonds. The van der Waals surface area contributed by atoms with Crippen molar-refractivity contribution >= 4 is 22.6 Å². The number of nitrogens with zero attached hydrogens (tertiary/aromatic N) is 1. The summed E-state index contributed by atoms with van der Waals surface area (Å²) in [5.41, 5.74) is 6.72. The van der Waals surface area contributed by atoms with E-state index in [1.807, 2.05) is 30.3 Å². The van der Waals surface area contributed by atoms with Crippen LogP contribution in [0.1, 0.15) is 49.0 Å². The number of primary amides is 1. The zero-order valence-electron chi connectivity index (χ0n) is 16.2. The van der Waals surface area contributed by atoms with Gasteiger partial charge in [-0.05, 0) is 67.9 Å². The second-order valence-electron chi connectivity index (χ2n) is 9.13. The number of carbonyl (C=O) groups is 2. The van der Waals surface area contributed by atoms with Crippen molar-refractivity contribution in [2.45, 2.75) is 38.5 Å². The summed E-state index contributed by atoms with van der Waals surface area (Å²) < 4.78 is 5.41. The highest BCUT2D eigenvalue weighted by molar-refractivity contribution is 5.97. The van der Waals surface area contributed by atoms with Gasteiger partial charge in [0.2, 0.25) is 5.91 Å². The third kappa shape index (κ3) is 2.63. The fourth-order valence-corrected chi connectivity index (χ4v) is 6.52. The van der Waals surface area contributed by atoms with Gasteiger partial charge < -0.3 is 10.5 Å². The molecule has 4 saturated carbocycles. The third-order valence-electron chi connectivity index (χ3n) is 7.60. The summed E-state index contributed by atoms with van der Waals surface area (Å²) in [4.78, 5) is 29.8. The van der Waals surface area contributed by atoms with Crippen LogP contribution in [0.15, 0.2) is 30.3 Å². The number of Topliss-reactive ketones (excluding diaryl/α,β-unsaturated/α-hetero) is 1. The number of hydrogen-bond acceptors (Lipinski definition) is 4. The molecule has 1 aromatic heterocycles. The Morgan fingerprint density at radius 2 is 1.89 bits per heavy atom. The molecule has 0 aliphatic heterocycles. The van der Waals surface area contributed by atoms with E-state index in [4.69, 9.17) is 10.5 Å². The molecule has 1 aromatic carbocycles.